The molecule has 0 aromatic heterocycles. The summed E-state index contributed by atoms with van der Waals surface area (Å²) in [4.78, 5) is 20.7. The van der Waals surface area contributed by atoms with Crippen LogP contribution in [0.2, 0.25) is 0 Å². The van der Waals surface area contributed by atoms with Gasteiger partial charge in [-0.05, 0) is 52.5 Å². The van der Waals surface area contributed by atoms with E-state index in [4.69, 9.17) is 15.5 Å². The summed E-state index contributed by atoms with van der Waals surface area (Å²) >= 11 is 3.31. The second-order valence-electron chi connectivity index (χ2n) is 9.83. The number of carbonyl (C=O) groups is 2. The van der Waals surface area contributed by atoms with Gasteiger partial charge in [0.15, 0.2) is 0 Å². The molecule has 0 radical (unpaired) electrons. The topological polar surface area (TPSA) is 98.4 Å². The summed E-state index contributed by atoms with van der Waals surface area (Å²) in [6, 6.07) is 49.3. The number of nitriles is 1. The largest absolute Gasteiger partial charge is 1.00 e. The Morgan fingerprint density at radius 3 is 1.26 bits per heavy atom. The van der Waals surface area contributed by atoms with Gasteiger partial charge in [0.2, 0.25) is 0 Å². The number of carboxylic acids is 2. The molecule has 0 aliphatic carbocycles. The van der Waals surface area contributed by atoms with Crippen LogP contribution in [0.5, 0.6) is 0 Å². The van der Waals surface area contributed by atoms with Crippen LogP contribution >= 0.6 is 23.9 Å². The van der Waals surface area contributed by atoms with E-state index in [9.17, 15) is 9.59 Å². The van der Waals surface area contributed by atoms with E-state index in [1.165, 1.54) is 28.4 Å². The zero-order valence-electron chi connectivity index (χ0n) is 26.5. The molecule has 47 heavy (non-hydrogen) atoms. The third-order valence-electron chi connectivity index (χ3n) is 6.30. The molecule has 2 N–H and O–H groups in total. The fourth-order valence-electron chi connectivity index (χ4n) is 4.31. The van der Waals surface area contributed by atoms with E-state index in [0.29, 0.717) is 0 Å². The number of carboxylic acid groups (broad SMARTS) is 2. The second kappa shape index (κ2) is 24.1. The molecule has 8 heteroatoms. The summed E-state index contributed by atoms with van der Waals surface area (Å²) in [7, 11) is -0.446. The normalized spacial score (nSPS) is 9.43. The molecule has 0 saturated carbocycles. The molecule has 0 aliphatic heterocycles. The van der Waals surface area contributed by atoms with Crippen LogP contribution in [0.3, 0.4) is 0 Å². The minimum atomic E-state index is -0.790. The molecule has 0 spiro atoms. The SMILES string of the molecule is CC#N.CCc1cccc(CC(=O)O)c1.O=C(O)Cc1cccc(CBr)c1.[Br-].c1ccc(P(c2ccccc2)c2ccccc2)cc1. The summed E-state index contributed by atoms with van der Waals surface area (Å²) < 4.78 is 0. The Morgan fingerprint density at radius 1 is 0.617 bits per heavy atom. The lowest BCUT2D eigenvalue weighted by atomic mass is 10.1. The van der Waals surface area contributed by atoms with E-state index in [-0.39, 0.29) is 29.8 Å². The van der Waals surface area contributed by atoms with Gasteiger partial charge in [-0.25, -0.2) is 0 Å². The van der Waals surface area contributed by atoms with Crippen molar-refractivity contribution >= 4 is 51.7 Å². The first kappa shape index (κ1) is 40.9. The van der Waals surface area contributed by atoms with Crippen LogP contribution in [-0.4, -0.2) is 22.2 Å². The highest BCUT2D eigenvalue weighted by Crippen LogP contribution is 2.32. The molecule has 0 aliphatic rings. The maximum atomic E-state index is 10.4. The monoisotopic (exact) mass is 774 g/mol. The maximum Gasteiger partial charge on any atom is 0.307 e. The Morgan fingerprint density at radius 2 is 0.936 bits per heavy atom. The van der Waals surface area contributed by atoms with Crippen molar-refractivity contribution in [2.75, 3.05) is 0 Å². The van der Waals surface area contributed by atoms with Crippen molar-refractivity contribution in [1.29, 1.82) is 5.26 Å². The lowest BCUT2D eigenvalue weighted by Gasteiger charge is -2.18. The number of hydrogen-bond acceptors (Lipinski definition) is 3. The molecule has 5 aromatic carbocycles. The van der Waals surface area contributed by atoms with Gasteiger partial charge < -0.3 is 27.2 Å². The van der Waals surface area contributed by atoms with Crippen LogP contribution in [0.15, 0.2) is 140 Å². The van der Waals surface area contributed by atoms with E-state index in [1.54, 1.807) is 6.07 Å². The summed E-state index contributed by atoms with van der Waals surface area (Å²) in [5.41, 5.74) is 4.02. The first-order valence-corrected chi connectivity index (χ1v) is 17.2. The minimum Gasteiger partial charge on any atom is -1.00 e. The Balaban J connectivity index is 0.000000348. The lowest BCUT2D eigenvalue weighted by Crippen LogP contribution is -3.00. The summed E-state index contributed by atoms with van der Waals surface area (Å²) in [6.07, 6.45) is 1.17. The van der Waals surface area contributed by atoms with E-state index in [1.807, 2.05) is 48.5 Å². The van der Waals surface area contributed by atoms with Gasteiger partial charge in [0.25, 0.3) is 0 Å². The number of nitrogens with zero attached hydrogens (tertiary/aromatic N) is 1. The van der Waals surface area contributed by atoms with Crippen molar-refractivity contribution in [3.8, 4) is 6.07 Å². The number of aryl methyl sites for hydroxylation is 1. The van der Waals surface area contributed by atoms with E-state index >= 15 is 0 Å². The number of aliphatic carboxylic acids is 2. The number of halogens is 2. The molecular weight excluding hydrogens is 737 g/mol. The van der Waals surface area contributed by atoms with Crippen LogP contribution in [0.4, 0.5) is 0 Å². The molecule has 0 saturated heterocycles. The maximum absolute atomic E-state index is 10.4. The van der Waals surface area contributed by atoms with E-state index in [0.717, 1.165) is 28.4 Å². The van der Waals surface area contributed by atoms with Gasteiger partial charge in [-0.3, -0.25) is 9.59 Å². The Labute approximate surface area is 298 Å². The molecule has 0 atom stereocenters. The molecule has 5 nitrogen and oxygen atoms in total. The van der Waals surface area contributed by atoms with Crippen LogP contribution < -0.4 is 32.9 Å². The molecule has 0 fully saturated rings. The fourth-order valence-corrected chi connectivity index (χ4v) is 6.96. The van der Waals surface area contributed by atoms with E-state index < -0.39 is 19.9 Å². The average Bonchev–Trinajstić information content (AvgIpc) is 3.07. The minimum absolute atomic E-state index is 0. The Hall–Kier alpha value is -4.08. The molecule has 5 aromatic rings. The van der Waals surface area contributed by atoms with Crippen molar-refractivity contribution < 1.29 is 36.8 Å². The highest BCUT2D eigenvalue weighted by atomic mass is 79.9. The first-order valence-electron chi connectivity index (χ1n) is 14.7. The van der Waals surface area contributed by atoms with Gasteiger partial charge >= 0.3 is 11.9 Å². The van der Waals surface area contributed by atoms with Crippen LogP contribution in [0.25, 0.3) is 0 Å². The molecule has 0 bridgehead atoms. The number of benzene rings is 5. The molecule has 244 valence electrons. The van der Waals surface area contributed by atoms with Gasteiger partial charge in [0, 0.05) is 12.3 Å². The van der Waals surface area contributed by atoms with Crippen molar-refractivity contribution in [3.63, 3.8) is 0 Å². The predicted octanol–water partition coefficient (Wildman–Crippen LogP) is 5.06. The van der Waals surface area contributed by atoms with Gasteiger partial charge in [-0.15, -0.1) is 0 Å². The van der Waals surface area contributed by atoms with Crippen molar-refractivity contribution in [3.05, 3.63) is 162 Å². The van der Waals surface area contributed by atoms with Crippen molar-refractivity contribution in [2.24, 2.45) is 0 Å². The summed E-state index contributed by atoms with van der Waals surface area (Å²) in [5, 5.41) is 29.3. The second-order valence-corrected chi connectivity index (χ2v) is 12.6. The number of alkyl halides is 1. The Kier molecular flexibility index (Phi) is 21.0. The molecule has 0 amide bonds. The standard InChI is InChI=1S/C18H15P.C10H12O2.C9H9BrO2.C2H3N.BrH/c1-4-10-16(11-5-1)19(17-12-6-2-7-13-17)18-14-8-3-9-15-18;1-2-8-4-3-5-9(6-8)7-10(11)12;10-6-8-3-1-2-7(4-8)5-9(11)12;1-2-3;/h1-15H;3-6H,2,7H2,1H3,(H,11,12);1-4H,5-6H2,(H,11,12);1H3;1H/p-1. The van der Waals surface area contributed by atoms with Crippen molar-refractivity contribution in [1.82, 2.24) is 0 Å². The number of rotatable bonds is 9. The molecule has 0 unspecified atom stereocenters. The predicted molar refractivity (Wildman–Crippen MR) is 194 cm³/mol. The molecule has 5 rings (SSSR count). The first-order chi connectivity index (χ1) is 22.3. The average molecular weight is 777 g/mol. The third-order valence-corrected chi connectivity index (χ3v) is 9.39. The van der Waals surface area contributed by atoms with Crippen LogP contribution in [0.1, 0.15) is 36.1 Å². The van der Waals surface area contributed by atoms with Crippen LogP contribution in [0, 0.1) is 11.3 Å². The quantitative estimate of drug-likeness (QED) is 0.161. The summed E-state index contributed by atoms with van der Waals surface area (Å²) in [6.45, 7) is 3.49. The lowest BCUT2D eigenvalue weighted by molar-refractivity contribution is -0.137. The van der Waals surface area contributed by atoms with E-state index in [2.05, 4.69) is 114 Å². The fraction of sp³-hybridized carbons (Fsp3) is 0.154. The zero-order chi connectivity index (χ0) is 33.6. The van der Waals surface area contributed by atoms with Gasteiger partial charge in [-0.1, -0.05) is 162 Å². The van der Waals surface area contributed by atoms with Gasteiger partial charge in [-0.2, -0.15) is 5.26 Å². The van der Waals surface area contributed by atoms with Crippen LogP contribution in [-0.2, 0) is 34.2 Å². The smallest absolute Gasteiger partial charge is 0.307 e. The highest BCUT2D eigenvalue weighted by molar-refractivity contribution is 9.08. The molecule has 0 heterocycles. The zero-order valence-corrected chi connectivity index (χ0v) is 30.5. The van der Waals surface area contributed by atoms with Gasteiger partial charge in [0.05, 0.1) is 18.9 Å². The highest BCUT2D eigenvalue weighted by Gasteiger charge is 2.15. The Bertz CT molecular complexity index is 1490. The summed E-state index contributed by atoms with van der Waals surface area (Å²) in [5.74, 6) is -1.56. The number of hydrogen-bond donors (Lipinski definition) is 2. The van der Waals surface area contributed by atoms with Gasteiger partial charge in [0.1, 0.15) is 0 Å². The van der Waals surface area contributed by atoms with Crippen molar-refractivity contribution in [2.45, 2.75) is 38.4 Å². The third kappa shape index (κ3) is 16.4. The molecular formula is C39H39Br2NO4P-.